The molecule has 0 saturated carbocycles. The number of carbonyl (C=O) groups excluding carboxylic acids is 1. The van der Waals surface area contributed by atoms with Crippen LogP contribution >= 0.6 is 11.3 Å². The van der Waals surface area contributed by atoms with Gasteiger partial charge in [0.2, 0.25) is 0 Å². The predicted molar refractivity (Wildman–Crippen MR) is 114 cm³/mol. The summed E-state index contributed by atoms with van der Waals surface area (Å²) in [4.78, 5) is 19.7. The number of hydrogen-bond acceptors (Lipinski definition) is 5. The Morgan fingerprint density at radius 1 is 1.17 bits per heavy atom. The van der Waals surface area contributed by atoms with Crippen LogP contribution in [0.2, 0.25) is 0 Å². The van der Waals surface area contributed by atoms with Gasteiger partial charge in [-0.3, -0.25) is 4.79 Å². The highest BCUT2D eigenvalue weighted by Gasteiger charge is 2.40. The Labute approximate surface area is 174 Å². The number of aromatic hydroxyl groups is 1. The van der Waals surface area contributed by atoms with Gasteiger partial charge in [0.05, 0.1) is 17.8 Å². The molecule has 1 aromatic heterocycles. The van der Waals surface area contributed by atoms with E-state index in [0.29, 0.717) is 24.4 Å². The molecule has 0 atom stereocenters. The van der Waals surface area contributed by atoms with Gasteiger partial charge in [0.15, 0.2) is 11.5 Å². The second-order valence-electron chi connectivity index (χ2n) is 7.38. The zero-order valence-corrected chi connectivity index (χ0v) is 17.4. The number of carbonyl (C=O) groups is 1. The fourth-order valence-corrected chi connectivity index (χ4v) is 4.84. The number of phenolic OH excluding ortho intramolecular Hbond substituents is 1. The van der Waals surface area contributed by atoms with Crippen LogP contribution in [0.4, 0.5) is 0 Å². The Hall–Kier alpha value is -2.86. The van der Waals surface area contributed by atoms with Crippen LogP contribution in [0.5, 0.6) is 11.5 Å². The first-order chi connectivity index (χ1) is 14.0. The lowest BCUT2D eigenvalue weighted by Crippen LogP contribution is -2.46. The summed E-state index contributed by atoms with van der Waals surface area (Å²) in [5, 5.41) is 13.2. The van der Waals surface area contributed by atoms with E-state index in [1.54, 1.807) is 23.5 Å². The van der Waals surface area contributed by atoms with Crippen molar-refractivity contribution in [3.05, 3.63) is 75.7 Å². The largest absolute Gasteiger partial charge is 0.504 e. The molecule has 0 unspecified atom stereocenters. The Morgan fingerprint density at radius 2 is 1.90 bits per heavy atom. The number of hydrogen-bond donors (Lipinski definition) is 1. The van der Waals surface area contributed by atoms with E-state index < -0.39 is 0 Å². The van der Waals surface area contributed by atoms with Crippen LogP contribution in [0.3, 0.4) is 0 Å². The molecule has 0 spiro atoms. The molecule has 3 aromatic rings. The Morgan fingerprint density at radius 3 is 2.48 bits per heavy atom. The van der Waals surface area contributed by atoms with Gasteiger partial charge in [-0.1, -0.05) is 30.3 Å². The molecule has 0 aliphatic carbocycles. The van der Waals surface area contributed by atoms with E-state index in [4.69, 9.17) is 9.72 Å². The molecule has 0 bridgehead atoms. The van der Waals surface area contributed by atoms with Crippen molar-refractivity contribution in [2.24, 2.45) is 0 Å². The number of rotatable bonds is 4. The maximum absolute atomic E-state index is 13.0. The Balaban J connectivity index is 1.59. The first-order valence-electron chi connectivity index (χ1n) is 9.68. The summed E-state index contributed by atoms with van der Waals surface area (Å²) in [6.07, 6.45) is 1.63. The SMILES string of the molecule is COc1ccc(C(=O)N2CCC(c3ccccc3)(c3csc(C)n3)CC2)cc1O. The molecule has 4 rings (SSSR count). The zero-order valence-electron chi connectivity index (χ0n) is 16.6. The van der Waals surface area contributed by atoms with Crippen LogP contribution in [0.1, 0.15) is 39.5 Å². The van der Waals surface area contributed by atoms with Crippen molar-refractivity contribution < 1.29 is 14.6 Å². The van der Waals surface area contributed by atoms with E-state index in [-0.39, 0.29) is 17.1 Å². The summed E-state index contributed by atoms with van der Waals surface area (Å²) in [5.74, 6) is 0.271. The summed E-state index contributed by atoms with van der Waals surface area (Å²) < 4.78 is 5.07. The molecule has 150 valence electrons. The van der Waals surface area contributed by atoms with Crippen molar-refractivity contribution in [3.63, 3.8) is 0 Å². The molecule has 0 radical (unpaired) electrons. The lowest BCUT2D eigenvalue weighted by atomic mass is 9.70. The summed E-state index contributed by atoms with van der Waals surface area (Å²) in [6.45, 7) is 3.30. The minimum Gasteiger partial charge on any atom is -0.504 e. The fraction of sp³-hybridized carbons (Fsp3) is 0.304. The van der Waals surface area contributed by atoms with Gasteiger partial charge in [-0.25, -0.2) is 4.98 Å². The summed E-state index contributed by atoms with van der Waals surface area (Å²) in [6, 6.07) is 15.3. The van der Waals surface area contributed by atoms with E-state index in [1.807, 2.05) is 17.9 Å². The van der Waals surface area contributed by atoms with Gasteiger partial charge < -0.3 is 14.7 Å². The number of phenols is 1. The summed E-state index contributed by atoms with van der Waals surface area (Å²) in [5.41, 5.74) is 2.64. The molecular formula is C23H24N2O3S. The van der Waals surface area contributed by atoms with Crippen LogP contribution in [-0.4, -0.2) is 41.1 Å². The first kappa shape index (κ1) is 19.5. The average Bonchev–Trinajstić information content (AvgIpc) is 3.20. The molecule has 6 heteroatoms. The quantitative estimate of drug-likeness (QED) is 0.696. The van der Waals surface area contributed by atoms with Crippen LogP contribution in [-0.2, 0) is 5.41 Å². The highest BCUT2D eigenvalue weighted by molar-refractivity contribution is 7.09. The molecule has 1 aliphatic rings. The van der Waals surface area contributed by atoms with Crippen molar-refractivity contribution in [1.29, 1.82) is 0 Å². The maximum Gasteiger partial charge on any atom is 0.253 e. The third-order valence-corrected chi connectivity index (χ3v) is 6.54. The number of aryl methyl sites for hydroxylation is 1. The number of ether oxygens (including phenoxy) is 1. The van der Waals surface area contributed by atoms with E-state index in [1.165, 1.54) is 18.7 Å². The lowest BCUT2D eigenvalue weighted by molar-refractivity contribution is 0.0683. The average molecular weight is 409 g/mol. The second-order valence-corrected chi connectivity index (χ2v) is 8.44. The van der Waals surface area contributed by atoms with Crippen LogP contribution in [0, 0.1) is 6.92 Å². The lowest BCUT2D eigenvalue weighted by Gasteiger charge is -2.41. The summed E-state index contributed by atoms with van der Waals surface area (Å²) in [7, 11) is 1.49. The van der Waals surface area contributed by atoms with Crippen LogP contribution in [0.25, 0.3) is 0 Å². The van der Waals surface area contributed by atoms with Gasteiger partial charge in [0.1, 0.15) is 0 Å². The number of aromatic nitrogens is 1. The molecule has 1 aliphatic heterocycles. The monoisotopic (exact) mass is 408 g/mol. The number of nitrogens with zero attached hydrogens (tertiary/aromatic N) is 2. The topological polar surface area (TPSA) is 62.7 Å². The van der Waals surface area contributed by atoms with E-state index >= 15 is 0 Å². The third-order valence-electron chi connectivity index (χ3n) is 5.77. The number of amides is 1. The molecule has 1 amide bonds. The molecule has 1 saturated heterocycles. The van der Waals surface area contributed by atoms with Crippen molar-refractivity contribution in [3.8, 4) is 11.5 Å². The highest BCUT2D eigenvalue weighted by Crippen LogP contribution is 2.42. The number of likely N-dealkylation sites (tertiary alicyclic amines) is 1. The number of methoxy groups -OCH3 is 1. The van der Waals surface area contributed by atoms with E-state index in [9.17, 15) is 9.90 Å². The summed E-state index contributed by atoms with van der Waals surface area (Å²) >= 11 is 1.67. The minimum absolute atomic E-state index is 0.0214. The fourth-order valence-electron chi connectivity index (χ4n) is 4.13. The number of thiazole rings is 1. The van der Waals surface area contributed by atoms with Crippen molar-refractivity contribution in [2.45, 2.75) is 25.2 Å². The number of benzene rings is 2. The zero-order chi connectivity index (χ0) is 20.4. The molecular weight excluding hydrogens is 384 g/mol. The molecule has 5 nitrogen and oxygen atoms in total. The van der Waals surface area contributed by atoms with E-state index in [2.05, 4.69) is 29.6 Å². The molecule has 29 heavy (non-hydrogen) atoms. The molecule has 2 aromatic carbocycles. The van der Waals surface area contributed by atoms with Crippen molar-refractivity contribution in [1.82, 2.24) is 9.88 Å². The highest BCUT2D eigenvalue weighted by atomic mass is 32.1. The standard InChI is InChI=1S/C23H24N2O3S/c1-16-24-21(15-29-16)23(18-6-4-3-5-7-18)10-12-25(13-11-23)22(27)17-8-9-20(28-2)19(26)14-17/h3-9,14-15,26H,10-13H2,1-2H3. The van der Waals surface area contributed by atoms with Crippen molar-refractivity contribution in [2.75, 3.05) is 20.2 Å². The maximum atomic E-state index is 13.0. The molecule has 1 fully saturated rings. The van der Waals surface area contributed by atoms with Crippen LogP contribution < -0.4 is 4.74 Å². The number of piperidine rings is 1. The van der Waals surface area contributed by atoms with Gasteiger partial charge in [0.25, 0.3) is 5.91 Å². The molecule has 1 N–H and O–H groups in total. The second kappa shape index (κ2) is 7.87. The Bertz CT molecular complexity index is 1010. The van der Waals surface area contributed by atoms with Gasteiger partial charge in [0, 0.05) is 29.4 Å². The van der Waals surface area contributed by atoms with Gasteiger partial charge in [-0.15, -0.1) is 11.3 Å². The third kappa shape index (κ3) is 3.60. The predicted octanol–water partition coefficient (Wildman–Crippen LogP) is 4.39. The van der Waals surface area contributed by atoms with Crippen molar-refractivity contribution >= 4 is 17.2 Å². The smallest absolute Gasteiger partial charge is 0.253 e. The minimum atomic E-state index is -0.176. The van der Waals surface area contributed by atoms with E-state index in [0.717, 1.165) is 23.5 Å². The molecule has 2 heterocycles. The Kier molecular flexibility index (Phi) is 5.28. The van der Waals surface area contributed by atoms with Crippen LogP contribution in [0.15, 0.2) is 53.9 Å². The normalized spacial score (nSPS) is 15.9. The van der Waals surface area contributed by atoms with Gasteiger partial charge >= 0.3 is 0 Å². The first-order valence-corrected chi connectivity index (χ1v) is 10.6. The van der Waals surface area contributed by atoms with Gasteiger partial charge in [-0.05, 0) is 43.5 Å². The van der Waals surface area contributed by atoms with Gasteiger partial charge in [-0.2, -0.15) is 0 Å².